The molecule has 3 rings (SSSR count). The Bertz CT molecular complexity index is 757. The first-order valence-corrected chi connectivity index (χ1v) is 6.80. The predicted molar refractivity (Wildman–Crippen MR) is 78.7 cm³/mol. The second kappa shape index (κ2) is 4.80. The molecule has 1 fully saturated rings. The Kier molecular flexibility index (Phi) is 3.08. The minimum Gasteiger partial charge on any atom is -0.369 e. The number of rotatable bonds is 2. The van der Waals surface area contributed by atoms with E-state index in [0.29, 0.717) is 6.54 Å². The number of benzene rings is 1. The fraction of sp³-hybridized carbons (Fsp3) is 0.333. The molecule has 1 aliphatic heterocycles. The Morgan fingerprint density at radius 1 is 1.24 bits per heavy atom. The van der Waals surface area contributed by atoms with E-state index in [1.807, 2.05) is 32.0 Å². The van der Waals surface area contributed by atoms with Crippen molar-refractivity contribution in [3.05, 3.63) is 29.6 Å². The van der Waals surface area contributed by atoms with Gasteiger partial charge in [0, 0.05) is 18.7 Å². The highest BCUT2D eigenvalue weighted by atomic mass is 16.2. The largest absolute Gasteiger partial charge is 0.369 e. The number of fused-ring (bicyclic) bond motifs is 1. The number of aromatic nitrogens is 2. The Labute approximate surface area is 122 Å². The van der Waals surface area contributed by atoms with Gasteiger partial charge in [-0.1, -0.05) is 0 Å². The summed E-state index contributed by atoms with van der Waals surface area (Å²) in [5.41, 5.74) is 9.30. The van der Waals surface area contributed by atoms with Crippen LogP contribution in [0.2, 0.25) is 0 Å². The van der Waals surface area contributed by atoms with Crippen LogP contribution in [0.5, 0.6) is 0 Å². The van der Waals surface area contributed by atoms with E-state index in [-0.39, 0.29) is 12.3 Å². The molecule has 1 saturated heterocycles. The number of hydrogen-bond donors (Lipinski definition) is 1. The number of carbonyl (C=O) groups is 2. The smallest absolute Gasteiger partial charge is 0.227 e. The highest BCUT2D eigenvalue weighted by molar-refractivity contribution is 6.01. The van der Waals surface area contributed by atoms with Gasteiger partial charge in [-0.2, -0.15) is 0 Å². The summed E-state index contributed by atoms with van der Waals surface area (Å²) in [5, 5.41) is 0. The molecule has 1 atom stereocenters. The number of carbonyl (C=O) groups excluding carboxylic acids is 2. The lowest BCUT2D eigenvalue weighted by Gasteiger charge is -2.16. The monoisotopic (exact) mass is 284 g/mol. The molecule has 0 spiro atoms. The quantitative estimate of drug-likeness (QED) is 0.893. The van der Waals surface area contributed by atoms with Crippen LogP contribution >= 0.6 is 0 Å². The Hall–Kier alpha value is -2.50. The van der Waals surface area contributed by atoms with Crippen LogP contribution in [-0.4, -0.2) is 28.3 Å². The molecular weight excluding hydrogens is 268 g/mol. The van der Waals surface area contributed by atoms with E-state index in [4.69, 9.17) is 5.73 Å². The van der Waals surface area contributed by atoms with Crippen molar-refractivity contribution in [2.24, 2.45) is 11.7 Å². The van der Waals surface area contributed by atoms with Crippen molar-refractivity contribution in [2.45, 2.75) is 20.3 Å². The minimum atomic E-state index is -0.432. The van der Waals surface area contributed by atoms with Gasteiger partial charge in [0.25, 0.3) is 0 Å². The maximum absolute atomic E-state index is 12.0. The summed E-state index contributed by atoms with van der Waals surface area (Å²) in [7, 11) is 0. The first-order valence-electron chi connectivity index (χ1n) is 6.80. The Balaban J connectivity index is 2.00. The topological polar surface area (TPSA) is 89.2 Å². The van der Waals surface area contributed by atoms with Crippen LogP contribution in [0.15, 0.2) is 18.2 Å². The lowest BCUT2D eigenvalue weighted by atomic mass is 10.1. The van der Waals surface area contributed by atoms with Gasteiger partial charge in [0.2, 0.25) is 11.8 Å². The maximum atomic E-state index is 12.0. The molecule has 1 aromatic heterocycles. The number of aryl methyl sites for hydroxylation is 2. The normalized spacial score (nSPS) is 18.5. The summed E-state index contributed by atoms with van der Waals surface area (Å²) < 4.78 is 0. The number of anilines is 1. The molecule has 1 aromatic carbocycles. The average molecular weight is 284 g/mol. The zero-order valence-electron chi connectivity index (χ0n) is 12.0. The molecule has 1 aliphatic rings. The van der Waals surface area contributed by atoms with Crippen LogP contribution in [0.3, 0.4) is 0 Å². The summed E-state index contributed by atoms with van der Waals surface area (Å²) in [6.07, 6.45) is 0.173. The molecule has 6 nitrogen and oxygen atoms in total. The summed E-state index contributed by atoms with van der Waals surface area (Å²) >= 11 is 0. The molecule has 21 heavy (non-hydrogen) atoms. The van der Waals surface area contributed by atoms with Crippen LogP contribution in [0.25, 0.3) is 11.0 Å². The molecule has 2 N–H and O–H groups in total. The molecule has 108 valence electrons. The first kappa shape index (κ1) is 13.5. The second-order valence-corrected chi connectivity index (χ2v) is 5.38. The number of nitrogens with zero attached hydrogens (tertiary/aromatic N) is 3. The van der Waals surface area contributed by atoms with E-state index in [0.717, 1.165) is 28.1 Å². The van der Waals surface area contributed by atoms with Crippen molar-refractivity contribution >= 4 is 28.5 Å². The molecule has 0 radical (unpaired) electrons. The number of hydrogen-bond acceptors (Lipinski definition) is 4. The van der Waals surface area contributed by atoms with Crippen LogP contribution in [-0.2, 0) is 9.59 Å². The van der Waals surface area contributed by atoms with E-state index >= 15 is 0 Å². The van der Waals surface area contributed by atoms with E-state index < -0.39 is 11.8 Å². The molecular formula is C15H16N4O2. The van der Waals surface area contributed by atoms with Gasteiger partial charge in [-0.05, 0) is 32.0 Å². The molecule has 0 bridgehead atoms. The van der Waals surface area contributed by atoms with Gasteiger partial charge in [-0.3, -0.25) is 9.59 Å². The lowest BCUT2D eigenvalue weighted by molar-refractivity contribution is -0.123. The minimum absolute atomic E-state index is 0.0880. The van der Waals surface area contributed by atoms with Crippen LogP contribution < -0.4 is 10.6 Å². The number of primary amides is 1. The third kappa shape index (κ3) is 2.33. The van der Waals surface area contributed by atoms with Crippen LogP contribution in [0.1, 0.15) is 17.8 Å². The zero-order valence-corrected chi connectivity index (χ0v) is 12.0. The van der Waals surface area contributed by atoms with E-state index in [1.54, 1.807) is 4.90 Å². The van der Waals surface area contributed by atoms with Crippen molar-refractivity contribution in [2.75, 3.05) is 11.4 Å². The fourth-order valence-electron chi connectivity index (χ4n) is 2.53. The fourth-order valence-corrected chi connectivity index (χ4v) is 2.53. The third-order valence-electron chi connectivity index (χ3n) is 3.90. The molecule has 2 aromatic rings. The first-order chi connectivity index (χ1) is 9.95. The zero-order chi connectivity index (χ0) is 15.1. The van der Waals surface area contributed by atoms with Crippen molar-refractivity contribution in [1.82, 2.24) is 9.97 Å². The highest BCUT2D eigenvalue weighted by Crippen LogP contribution is 2.27. The van der Waals surface area contributed by atoms with Gasteiger partial charge < -0.3 is 10.6 Å². The summed E-state index contributed by atoms with van der Waals surface area (Å²) in [6.45, 7) is 4.15. The van der Waals surface area contributed by atoms with Gasteiger partial charge in [0.05, 0.1) is 28.3 Å². The summed E-state index contributed by atoms with van der Waals surface area (Å²) in [4.78, 5) is 33.8. The van der Waals surface area contributed by atoms with Crippen molar-refractivity contribution in [1.29, 1.82) is 0 Å². The van der Waals surface area contributed by atoms with Gasteiger partial charge in [-0.25, -0.2) is 9.97 Å². The van der Waals surface area contributed by atoms with Crippen LogP contribution in [0.4, 0.5) is 5.69 Å². The lowest BCUT2D eigenvalue weighted by Crippen LogP contribution is -2.28. The van der Waals surface area contributed by atoms with Crippen molar-refractivity contribution in [3.8, 4) is 0 Å². The van der Waals surface area contributed by atoms with Gasteiger partial charge in [0.1, 0.15) is 0 Å². The van der Waals surface area contributed by atoms with Gasteiger partial charge in [0.15, 0.2) is 0 Å². The predicted octanol–water partition coefficient (Wildman–Crippen LogP) is 1.08. The van der Waals surface area contributed by atoms with Crippen LogP contribution in [0, 0.1) is 19.8 Å². The third-order valence-corrected chi connectivity index (χ3v) is 3.90. The summed E-state index contributed by atoms with van der Waals surface area (Å²) in [5.74, 6) is -0.938. The van der Waals surface area contributed by atoms with Gasteiger partial charge in [-0.15, -0.1) is 0 Å². The molecule has 0 aliphatic carbocycles. The Morgan fingerprint density at radius 2 is 1.90 bits per heavy atom. The standard InChI is InChI=1S/C15H16N4O2/c1-8-9(2)18-13-6-11(3-4-12(13)17-8)19-7-10(15(16)21)5-14(19)20/h3-4,6,10H,5,7H2,1-2H3,(H2,16,21). The second-order valence-electron chi connectivity index (χ2n) is 5.38. The van der Waals surface area contributed by atoms with E-state index in [2.05, 4.69) is 9.97 Å². The molecule has 2 heterocycles. The highest BCUT2D eigenvalue weighted by Gasteiger charge is 2.34. The van der Waals surface area contributed by atoms with E-state index in [9.17, 15) is 9.59 Å². The van der Waals surface area contributed by atoms with E-state index in [1.165, 1.54) is 0 Å². The number of amides is 2. The van der Waals surface area contributed by atoms with Crippen molar-refractivity contribution < 1.29 is 9.59 Å². The van der Waals surface area contributed by atoms with Crippen molar-refractivity contribution in [3.63, 3.8) is 0 Å². The SMILES string of the molecule is Cc1nc2ccc(N3CC(C(N)=O)CC3=O)cc2nc1C. The Morgan fingerprint density at radius 3 is 2.52 bits per heavy atom. The molecule has 1 unspecified atom stereocenters. The molecule has 0 saturated carbocycles. The average Bonchev–Trinajstić information content (AvgIpc) is 2.82. The maximum Gasteiger partial charge on any atom is 0.227 e. The number of nitrogens with two attached hydrogens (primary N) is 1. The molecule has 6 heteroatoms. The summed E-state index contributed by atoms with van der Waals surface area (Å²) in [6, 6.07) is 5.50. The van der Waals surface area contributed by atoms with Gasteiger partial charge >= 0.3 is 0 Å². The molecule has 2 amide bonds.